The molecular weight excluding hydrogens is 308 g/mol. The highest BCUT2D eigenvalue weighted by Crippen LogP contribution is 2.05. The second-order valence-electron chi connectivity index (χ2n) is 6.26. The van der Waals surface area contributed by atoms with E-state index in [1.54, 1.807) is 0 Å². The van der Waals surface area contributed by atoms with E-state index in [1.807, 2.05) is 0 Å². The number of carbonyl (C=O) groups is 1. The van der Waals surface area contributed by atoms with Crippen molar-refractivity contribution < 1.29 is 9.53 Å². The van der Waals surface area contributed by atoms with Gasteiger partial charge in [-0.05, 0) is 44.9 Å². The number of rotatable bonds is 16. The molecule has 0 aromatic carbocycles. The van der Waals surface area contributed by atoms with Crippen LogP contribution < -0.4 is 0 Å². The first-order chi connectivity index (χ1) is 12.3. The van der Waals surface area contributed by atoms with Gasteiger partial charge in [0.25, 0.3) is 0 Å². The molecule has 0 aromatic heterocycles. The van der Waals surface area contributed by atoms with Crippen LogP contribution >= 0.6 is 0 Å². The van der Waals surface area contributed by atoms with Crippen LogP contribution in [-0.4, -0.2) is 13.1 Å². The van der Waals surface area contributed by atoms with Crippen LogP contribution in [0.4, 0.5) is 0 Å². The largest absolute Gasteiger partial charge is 0.469 e. The van der Waals surface area contributed by atoms with Crippen molar-refractivity contribution in [3.05, 3.63) is 48.6 Å². The van der Waals surface area contributed by atoms with E-state index < -0.39 is 0 Å². The molecule has 2 heteroatoms. The lowest BCUT2D eigenvalue weighted by molar-refractivity contribution is -0.140. The summed E-state index contributed by atoms with van der Waals surface area (Å²) in [5.74, 6) is -0.123. The summed E-state index contributed by atoms with van der Waals surface area (Å²) in [4.78, 5) is 10.9. The molecule has 0 heterocycles. The van der Waals surface area contributed by atoms with Crippen LogP contribution in [-0.2, 0) is 9.53 Å². The van der Waals surface area contributed by atoms with Crippen LogP contribution in [0, 0.1) is 0 Å². The van der Waals surface area contributed by atoms with Crippen LogP contribution in [0.2, 0.25) is 0 Å². The smallest absolute Gasteiger partial charge is 0.305 e. The average molecular weight is 347 g/mol. The van der Waals surface area contributed by atoms with E-state index in [4.69, 9.17) is 0 Å². The van der Waals surface area contributed by atoms with Gasteiger partial charge in [0.2, 0.25) is 0 Å². The molecule has 0 unspecified atom stereocenters. The normalized spacial score (nSPS) is 12.2. The molecule has 0 radical (unpaired) electrons. The van der Waals surface area contributed by atoms with Gasteiger partial charge in [-0.2, -0.15) is 0 Å². The van der Waals surface area contributed by atoms with Gasteiger partial charge in [-0.1, -0.05) is 81.2 Å². The van der Waals surface area contributed by atoms with Crippen LogP contribution in [0.15, 0.2) is 48.6 Å². The lowest BCUT2D eigenvalue weighted by atomic mass is 10.1. The maximum atomic E-state index is 10.9. The van der Waals surface area contributed by atoms with Crippen LogP contribution in [0.5, 0.6) is 0 Å². The Morgan fingerprint density at radius 1 is 0.680 bits per heavy atom. The zero-order chi connectivity index (χ0) is 18.4. The molecule has 25 heavy (non-hydrogen) atoms. The highest BCUT2D eigenvalue weighted by atomic mass is 16.5. The summed E-state index contributed by atoms with van der Waals surface area (Å²) in [5, 5.41) is 0. The molecule has 0 N–H and O–H groups in total. The molecule has 0 spiro atoms. The third-order valence-corrected chi connectivity index (χ3v) is 3.94. The van der Waals surface area contributed by atoms with Crippen LogP contribution in [0.25, 0.3) is 0 Å². The van der Waals surface area contributed by atoms with Crippen LogP contribution in [0.1, 0.15) is 84.0 Å². The van der Waals surface area contributed by atoms with E-state index >= 15 is 0 Å². The topological polar surface area (TPSA) is 26.3 Å². The Bertz CT molecular complexity index is 402. The second-order valence-corrected chi connectivity index (χ2v) is 6.26. The molecule has 0 amide bonds. The fourth-order valence-corrected chi connectivity index (χ4v) is 2.38. The zero-order valence-corrected chi connectivity index (χ0v) is 16.4. The van der Waals surface area contributed by atoms with E-state index in [2.05, 4.69) is 60.3 Å². The molecule has 0 fully saturated rings. The number of methoxy groups -OCH3 is 1. The summed E-state index contributed by atoms with van der Waals surface area (Å²) in [6, 6.07) is 0. The highest BCUT2D eigenvalue weighted by molar-refractivity contribution is 5.69. The number of allylic oxidation sites excluding steroid dienone is 8. The summed E-state index contributed by atoms with van der Waals surface area (Å²) in [5.41, 5.74) is 0. The summed E-state index contributed by atoms with van der Waals surface area (Å²) in [7, 11) is 1.43. The molecule has 0 aliphatic heterocycles. The average Bonchev–Trinajstić information content (AvgIpc) is 2.63. The van der Waals surface area contributed by atoms with E-state index in [1.165, 1.54) is 45.6 Å². The Morgan fingerprint density at radius 2 is 1.16 bits per heavy atom. The third-order valence-electron chi connectivity index (χ3n) is 3.94. The minimum absolute atomic E-state index is 0.123. The molecule has 0 aliphatic rings. The van der Waals surface area contributed by atoms with E-state index in [-0.39, 0.29) is 5.97 Å². The van der Waals surface area contributed by atoms with E-state index in [0.717, 1.165) is 32.1 Å². The standard InChI is InChI=1S/C23H38O2/c1-3-4-5-6-7-8-9-10-11-12-13-14-15-16-17-18-19-20-21-22-23(24)25-2/h9-10,12-13,15-16,18-19H,3-8,11,14,17,20-22H2,1-2H3. The molecule has 142 valence electrons. The van der Waals surface area contributed by atoms with Gasteiger partial charge >= 0.3 is 5.97 Å². The molecule has 0 aliphatic carbocycles. The predicted octanol–water partition coefficient (Wildman–Crippen LogP) is 7.09. The van der Waals surface area contributed by atoms with Gasteiger partial charge in [-0.3, -0.25) is 4.79 Å². The molecule has 0 saturated carbocycles. The fourth-order valence-electron chi connectivity index (χ4n) is 2.38. The Balaban J connectivity index is 3.40. The number of hydrogen-bond acceptors (Lipinski definition) is 2. The Hall–Kier alpha value is -1.57. The molecular formula is C23H38O2. The molecule has 0 atom stereocenters. The number of unbranched alkanes of at least 4 members (excludes halogenated alkanes) is 6. The maximum absolute atomic E-state index is 10.9. The Labute approximate surface area is 155 Å². The van der Waals surface area contributed by atoms with Crippen molar-refractivity contribution in [2.24, 2.45) is 0 Å². The van der Waals surface area contributed by atoms with Gasteiger partial charge < -0.3 is 4.74 Å². The minimum atomic E-state index is -0.123. The maximum Gasteiger partial charge on any atom is 0.305 e. The molecule has 0 aromatic rings. The van der Waals surface area contributed by atoms with Crippen molar-refractivity contribution in [2.45, 2.75) is 84.0 Å². The van der Waals surface area contributed by atoms with Crippen molar-refractivity contribution in [3.63, 3.8) is 0 Å². The number of esters is 1. The van der Waals surface area contributed by atoms with Crippen molar-refractivity contribution in [1.82, 2.24) is 0 Å². The first-order valence-electron chi connectivity index (χ1n) is 9.98. The van der Waals surface area contributed by atoms with Gasteiger partial charge in [0.15, 0.2) is 0 Å². The minimum Gasteiger partial charge on any atom is -0.469 e. The van der Waals surface area contributed by atoms with E-state index in [9.17, 15) is 4.79 Å². The molecule has 2 nitrogen and oxygen atoms in total. The zero-order valence-electron chi connectivity index (χ0n) is 16.4. The number of carbonyl (C=O) groups excluding carboxylic acids is 1. The highest BCUT2D eigenvalue weighted by Gasteiger charge is 1.96. The third kappa shape index (κ3) is 20.4. The lowest BCUT2D eigenvalue weighted by Gasteiger charge is -1.95. The second kappa shape index (κ2) is 20.5. The number of ether oxygens (including phenoxy) is 1. The first kappa shape index (κ1) is 23.4. The van der Waals surface area contributed by atoms with E-state index in [0.29, 0.717) is 6.42 Å². The van der Waals surface area contributed by atoms with Crippen LogP contribution in [0.3, 0.4) is 0 Å². The fraction of sp³-hybridized carbons (Fsp3) is 0.609. The number of hydrogen-bond donors (Lipinski definition) is 0. The summed E-state index contributed by atoms with van der Waals surface area (Å²) >= 11 is 0. The van der Waals surface area contributed by atoms with Gasteiger partial charge in [0, 0.05) is 6.42 Å². The van der Waals surface area contributed by atoms with Crippen molar-refractivity contribution in [3.8, 4) is 0 Å². The van der Waals surface area contributed by atoms with Gasteiger partial charge in [-0.15, -0.1) is 0 Å². The monoisotopic (exact) mass is 346 g/mol. The van der Waals surface area contributed by atoms with Gasteiger partial charge in [-0.25, -0.2) is 0 Å². The van der Waals surface area contributed by atoms with Gasteiger partial charge in [0.05, 0.1) is 7.11 Å². The first-order valence-corrected chi connectivity index (χ1v) is 9.98. The van der Waals surface area contributed by atoms with Crippen molar-refractivity contribution in [2.75, 3.05) is 7.11 Å². The molecule has 0 bridgehead atoms. The predicted molar refractivity (Wildman–Crippen MR) is 110 cm³/mol. The Kier molecular flexibility index (Phi) is 19.2. The Morgan fingerprint density at radius 3 is 1.68 bits per heavy atom. The molecule has 0 saturated heterocycles. The van der Waals surface area contributed by atoms with Crippen molar-refractivity contribution in [1.29, 1.82) is 0 Å². The summed E-state index contributed by atoms with van der Waals surface area (Å²) in [6.07, 6.45) is 31.1. The molecule has 0 rings (SSSR count). The lowest BCUT2D eigenvalue weighted by Crippen LogP contribution is -1.98. The quantitative estimate of drug-likeness (QED) is 0.169. The SMILES string of the molecule is CCCCCCCC=CCC=CCC=CCC=CCCCC(=O)OC. The van der Waals surface area contributed by atoms with Gasteiger partial charge in [0.1, 0.15) is 0 Å². The summed E-state index contributed by atoms with van der Waals surface area (Å²) < 4.78 is 4.60. The summed E-state index contributed by atoms with van der Waals surface area (Å²) in [6.45, 7) is 2.26. The van der Waals surface area contributed by atoms with Crippen molar-refractivity contribution >= 4 is 5.97 Å².